The first-order valence-electron chi connectivity index (χ1n) is 7.24. The van der Waals surface area contributed by atoms with Crippen LogP contribution in [0.3, 0.4) is 0 Å². The van der Waals surface area contributed by atoms with Crippen LogP contribution in [-0.2, 0) is 19.1 Å². The molecule has 0 saturated carbocycles. The van der Waals surface area contributed by atoms with E-state index in [9.17, 15) is 14.7 Å². The normalized spacial score (nSPS) is 36.1. The Morgan fingerprint density at radius 3 is 2.80 bits per heavy atom. The van der Waals surface area contributed by atoms with Gasteiger partial charge >= 0.3 is 11.9 Å². The molecule has 0 aromatic carbocycles. The van der Waals surface area contributed by atoms with Crippen LogP contribution in [0.1, 0.15) is 33.6 Å². The van der Waals surface area contributed by atoms with Crippen LogP contribution in [0.4, 0.5) is 0 Å². The van der Waals surface area contributed by atoms with E-state index in [2.05, 4.69) is 0 Å². The van der Waals surface area contributed by atoms with E-state index in [1.807, 2.05) is 6.92 Å². The van der Waals surface area contributed by atoms with Gasteiger partial charge in [0.15, 0.2) is 0 Å². The molecule has 1 heterocycles. The molecule has 1 aliphatic heterocycles. The highest BCUT2D eigenvalue weighted by Gasteiger charge is 2.51. The van der Waals surface area contributed by atoms with Gasteiger partial charge in [-0.05, 0) is 25.3 Å². The number of hydrogen-bond acceptors (Lipinski definition) is 5. The quantitative estimate of drug-likeness (QED) is 0.624. The first-order chi connectivity index (χ1) is 9.47. The maximum atomic E-state index is 12.3. The minimum atomic E-state index is -0.817. The molecular weight excluding hydrogens is 260 g/mol. The second-order valence-electron chi connectivity index (χ2n) is 5.65. The number of carbonyl (C=O) groups is 2. The second-order valence-corrected chi connectivity index (χ2v) is 5.65. The number of carbonyl (C=O) groups excluding carboxylic acids is 2. The predicted octanol–water partition coefficient (Wildman–Crippen LogP) is 1.44. The Hall–Kier alpha value is -1.36. The zero-order chi connectivity index (χ0) is 14.9. The van der Waals surface area contributed by atoms with Crippen molar-refractivity contribution in [2.45, 2.75) is 45.8 Å². The molecule has 0 aromatic heterocycles. The van der Waals surface area contributed by atoms with E-state index < -0.39 is 18.0 Å². The third-order valence-corrected chi connectivity index (χ3v) is 4.25. The van der Waals surface area contributed by atoms with Crippen LogP contribution in [0.15, 0.2) is 11.6 Å². The summed E-state index contributed by atoms with van der Waals surface area (Å²) in [5.74, 6) is -1.89. The van der Waals surface area contributed by atoms with E-state index >= 15 is 0 Å². The van der Waals surface area contributed by atoms with E-state index in [-0.39, 0.29) is 23.9 Å². The molecule has 112 valence electrons. The van der Waals surface area contributed by atoms with Gasteiger partial charge in [0, 0.05) is 11.5 Å². The van der Waals surface area contributed by atoms with Gasteiger partial charge in [0.2, 0.25) is 0 Å². The van der Waals surface area contributed by atoms with Crippen molar-refractivity contribution in [3.8, 4) is 0 Å². The minimum absolute atomic E-state index is 0.283. The lowest BCUT2D eigenvalue weighted by atomic mass is 9.70. The summed E-state index contributed by atoms with van der Waals surface area (Å²) in [5.41, 5.74) is 0.417. The molecule has 20 heavy (non-hydrogen) atoms. The molecule has 1 N–H and O–H groups in total. The second kappa shape index (κ2) is 5.95. The van der Waals surface area contributed by atoms with Gasteiger partial charge in [0.25, 0.3) is 0 Å². The summed E-state index contributed by atoms with van der Waals surface area (Å²) < 4.78 is 10.5. The average Bonchev–Trinajstić information content (AvgIpc) is 2.66. The lowest BCUT2D eigenvalue weighted by Gasteiger charge is -2.34. The fraction of sp³-hybridized carbons (Fsp3) is 0.733. The third kappa shape index (κ3) is 2.59. The van der Waals surface area contributed by atoms with Gasteiger partial charge in [-0.3, -0.25) is 4.79 Å². The zero-order valence-electron chi connectivity index (χ0n) is 12.2. The van der Waals surface area contributed by atoms with Crippen molar-refractivity contribution in [3.05, 3.63) is 11.6 Å². The van der Waals surface area contributed by atoms with Crippen LogP contribution in [0.2, 0.25) is 0 Å². The van der Waals surface area contributed by atoms with Crippen molar-refractivity contribution in [2.24, 2.45) is 17.8 Å². The molecule has 5 atom stereocenters. The number of aliphatic hydroxyl groups is 1. The highest BCUT2D eigenvalue weighted by molar-refractivity contribution is 5.93. The van der Waals surface area contributed by atoms with E-state index in [1.54, 1.807) is 13.8 Å². The fourth-order valence-electron chi connectivity index (χ4n) is 3.01. The molecule has 0 radical (unpaired) electrons. The predicted molar refractivity (Wildman–Crippen MR) is 71.7 cm³/mol. The third-order valence-electron chi connectivity index (χ3n) is 4.25. The van der Waals surface area contributed by atoms with Crippen molar-refractivity contribution < 1.29 is 24.2 Å². The first kappa shape index (κ1) is 15.0. The number of rotatable bonds is 4. The van der Waals surface area contributed by atoms with Gasteiger partial charge in [0.1, 0.15) is 6.10 Å². The van der Waals surface area contributed by atoms with E-state index in [4.69, 9.17) is 9.47 Å². The standard InChI is InChI=1S/C15H22O5/c1-4-5-6-19-15(18)12-8(2)11(16)7-10-13(12)9(3)20-14(10)17/h7-9,11-13,16H,4-6H2,1-3H3/t8-,9-,11-,12+,13-/m1/s1. The molecule has 1 fully saturated rings. The van der Waals surface area contributed by atoms with Crippen LogP contribution in [-0.4, -0.2) is 35.9 Å². The van der Waals surface area contributed by atoms with E-state index in [0.717, 1.165) is 12.8 Å². The van der Waals surface area contributed by atoms with Crippen LogP contribution in [0, 0.1) is 17.8 Å². The van der Waals surface area contributed by atoms with E-state index in [0.29, 0.717) is 12.2 Å². The Morgan fingerprint density at radius 2 is 2.15 bits per heavy atom. The lowest BCUT2D eigenvalue weighted by Crippen LogP contribution is -2.43. The van der Waals surface area contributed by atoms with E-state index in [1.165, 1.54) is 6.08 Å². The number of unbranched alkanes of at least 4 members (excludes halogenated alkanes) is 1. The summed E-state index contributed by atoms with van der Waals surface area (Å²) in [6.45, 7) is 5.98. The Kier molecular flexibility index (Phi) is 4.48. The molecule has 0 unspecified atom stereocenters. The monoisotopic (exact) mass is 282 g/mol. The van der Waals surface area contributed by atoms with Gasteiger partial charge < -0.3 is 14.6 Å². The topological polar surface area (TPSA) is 72.8 Å². The van der Waals surface area contributed by atoms with Gasteiger partial charge in [-0.15, -0.1) is 0 Å². The Morgan fingerprint density at radius 1 is 1.45 bits per heavy atom. The summed E-state index contributed by atoms with van der Waals surface area (Å²) >= 11 is 0. The largest absolute Gasteiger partial charge is 0.465 e. The molecule has 0 amide bonds. The maximum absolute atomic E-state index is 12.3. The molecule has 0 aromatic rings. The SMILES string of the molecule is CCCCOC(=O)[C@H]1[C@H](C)[C@H](O)C=C2C(=O)O[C@H](C)[C@H]21. The minimum Gasteiger partial charge on any atom is -0.465 e. The summed E-state index contributed by atoms with van der Waals surface area (Å²) in [6.07, 6.45) is 2.11. The molecule has 2 rings (SSSR count). The number of hydrogen-bond donors (Lipinski definition) is 1. The smallest absolute Gasteiger partial charge is 0.334 e. The van der Waals surface area contributed by atoms with Crippen molar-refractivity contribution >= 4 is 11.9 Å². The average molecular weight is 282 g/mol. The molecule has 2 aliphatic rings. The Labute approximate surface area is 118 Å². The van der Waals surface area contributed by atoms with Gasteiger partial charge in [0.05, 0.1) is 18.6 Å². The molecular formula is C15H22O5. The summed E-state index contributed by atoms with van der Waals surface area (Å²) in [7, 11) is 0. The summed E-state index contributed by atoms with van der Waals surface area (Å²) in [5, 5.41) is 10.0. The molecule has 5 nitrogen and oxygen atoms in total. The van der Waals surface area contributed by atoms with Gasteiger partial charge in [-0.2, -0.15) is 0 Å². The van der Waals surface area contributed by atoms with Gasteiger partial charge in [-0.25, -0.2) is 4.79 Å². The Balaban J connectivity index is 2.20. The van der Waals surface area contributed by atoms with Crippen molar-refractivity contribution in [1.29, 1.82) is 0 Å². The number of esters is 2. The fourth-order valence-corrected chi connectivity index (χ4v) is 3.01. The highest BCUT2D eigenvalue weighted by atomic mass is 16.6. The first-order valence-corrected chi connectivity index (χ1v) is 7.24. The number of aliphatic hydroxyl groups excluding tert-OH is 1. The van der Waals surface area contributed by atoms with Crippen LogP contribution >= 0.6 is 0 Å². The number of ether oxygens (including phenoxy) is 2. The van der Waals surface area contributed by atoms with Crippen molar-refractivity contribution in [3.63, 3.8) is 0 Å². The Bertz CT molecular complexity index is 428. The van der Waals surface area contributed by atoms with Crippen molar-refractivity contribution in [2.75, 3.05) is 6.61 Å². The number of fused-ring (bicyclic) bond motifs is 1. The number of cyclic esters (lactones) is 1. The van der Waals surface area contributed by atoms with Crippen LogP contribution in [0.5, 0.6) is 0 Å². The van der Waals surface area contributed by atoms with Crippen molar-refractivity contribution in [1.82, 2.24) is 0 Å². The van der Waals surface area contributed by atoms with Gasteiger partial charge in [-0.1, -0.05) is 20.3 Å². The maximum Gasteiger partial charge on any atom is 0.334 e. The van der Waals surface area contributed by atoms with Crippen LogP contribution in [0.25, 0.3) is 0 Å². The lowest BCUT2D eigenvalue weighted by molar-refractivity contribution is -0.155. The molecule has 0 spiro atoms. The van der Waals surface area contributed by atoms with Crippen LogP contribution < -0.4 is 0 Å². The molecule has 5 heteroatoms. The summed E-state index contributed by atoms with van der Waals surface area (Å²) in [6, 6.07) is 0. The summed E-state index contributed by atoms with van der Waals surface area (Å²) in [4.78, 5) is 24.0. The zero-order valence-corrected chi connectivity index (χ0v) is 12.2. The molecule has 0 bridgehead atoms. The molecule has 1 saturated heterocycles. The highest BCUT2D eigenvalue weighted by Crippen LogP contribution is 2.43. The molecule has 1 aliphatic carbocycles.